The highest BCUT2D eigenvalue weighted by atomic mass is 32.2. The van der Waals surface area contributed by atoms with E-state index in [1.807, 2.05) is 0 Å². The summed E-state index contributed by atoms with van der Waals surface area (Å²) in [5, 5.41) is 6.76. The third kappa shape index (κ3) is 4.03. The molecule has 0 aliphatic carbocycles. The van der Waals surface area contributed by atoms with E-state index in [1.54, 1.807) is 37.5 Å². The SMILES string of the molecule is C=CCN1C(=O)CSc2cnn(CC(=O)Nc3ccc(OC)cc3)c(=O)c21. The van der Waals surface area contributed by atoms with Crippen LogP contribution in [0.3, 0.4) is 0 Å². The number of hydrogen-bond acceptors (Lipinski definition) is 6. The lowest BCUT2D eigenvalue weighted by Crippen LogP contribution is -2.42. The van der Waals surface area contributed by atoms with Crippen LogP contribution >= 0.6 is 11.8 Å². The van der Waals surface area contributed by atoms with Crippen LogP contribution in [0.1, 0.15) is 0 Å². The van der Waals surface area contributed by atoms with Gasteiger partial charge in [-0.3, -0.25) is 14.4 Å². The smallest absolute Gasteiger partial charge is 0.292 e. The number of hydrogen-bond donors (Lipinski definition) is 1. The Kier molecular flexibility index (Phi) is 5.60. The molecule has 1 aliphatic heterocycles. The number of amides is 2. The van der Waals surface area contributed by atoms with E-state index in [1.165, 1.54) is 22.9 Å². The molecule has 8 nitrogen and oxygen atoms in total. The van der Waals surface area contributed by atoms with E-state index >= 15 is 0 Å². The van der Waals surface area contributed by atoms with Crippen molar-refractivity contribution in [3.05, 3.63) is 53.5 Å². The van der Waals surface area contributed by atoms with Crippen molar-refractivity contribution < 1.29 is 14.3 Å². The lowest BCUT2D eigenvalue weighted by Gasteiger charge is -2.27. The molecular weight excluding hydrogens is 368 g/mol. The maximum Gasteiger partial charge on any atom is 0.292 e. The van der Waals surface area contributed by atoms with Gasteiger partial charge in [0.1, 0.15) is 18.0 Å². The number of ether oxygens (including phenoxy) is 1. The Balaban J connectivity index is 1.81. The van der Waals surface area contributed by atoms with Crippen LogP contribution in [-0.2, 0) is 16.1 Å². The minimum Gasteiger partial charge on any atom is -0.497 e. The molecule has 2 heterocycles. The van der Waals surface area contributed by atoms with Crippen molar-refractivity contribution in [2.24, 2.45) is 0 Å². The number of carbonyl (C=O) groups is 2. The molecule has 1 aliphatic rings. The zero-order chi connectivity index (χ0) is 19.4. The second-order valence-corrected chi connectivity index (χ2v) is 6.70. The normalized spacial score (nSPS) is 13.1. The van der Waals surface area contributed by atoms with Crippen LogP contribution in [0, 0.1) is 0 Å². The van der Waals surface area contributed by atoms with Crippen LogP contribution in [0.2, 0.25) is 0 Å². The molecule has 140 valence electrons. The Hall–Kier alpha value is -3.07. The molecule has 0 fully saturated rings. The van der Waals surface area contributed by atoms with Crippen LogP contribution in [0.4, 0.5) is 11.4 Å². The number of nitrogens with one attached hydrogen (secondary N) is 1. The summed E-state index contributed by atoms with van der Waals surface area (Å²) in [5.41, 5.74) is 0.328. The molecule has 9 heteroatoms. The highest BCUT2D eigenvalue weighted by Crippen LogP contribution is 2.31. The first-order chi connectivity index (χ1) is 13.0. The predicted molar refractivity (Wildman–Crippen MR) is 103 cm³/mol. The minimum atomic E-state index is -0.486. The largest absolute Gasteiger partial charge is 0.497 e. The molecule has 1 aromatic carbocycles. The molecule has 0 atom stereocenters. The number of rotatable bonds is 6. The first-order valence-electron chi connectivity index (χ1n) is 8.11. The van der Waals surface area contributed by atoms with Crippen molar-refractivity contribution in [2.75, 3.05) is 29.6 Å². The van der Waals surface area contributed by atoms with Crippen molar-refractivity contribution in [1.29, 1.82) is 0 Å². The number of methoxy groups -OCH3 is 1. The summed E-state index contributed by atoms with van der Waals surface area (Å²) in [5.74, 6) is 0.332. The number of nitrogens with zero attached hydrogens (tertiary/aromatic N) is 3. The highest BCUT2D eigenvalue weighted by Gasteiger charge is 2.28. The fraction of sp³-hybridized carbons (Fsp3) is 0.222. The lowest BCUT2D eigenvalue weighted by molar-refractivity contribution is -0.117. The van der Waals surface area contributed by atoms with E-state index in [0.717, 1.165) is 4.68 Å². The van der Waals surface area contributed by atoms with Gasteiger partial charge >= 0.3 is 0 Å². The fourth-order valence-corrected chi connectivity index (χ4v) is 3.50. The Labute approximate surface area is 159 Å². The molecule has 0 unspecified atom stereocenters. The Morgan fingerprint density at radius 2 is 2.11 bits per heavy atom. The molecule has 2 amide bonds. The molecular formula is C18H18N4O4S. The van der Waals surface area contributed by atoms with E-state index in [2.05, 4.69) is 17.0 Å². The highest BCUT2D eigenvalue weighted by molar-refractivity contribution is 8.00. The average Bonchev–Trinajstić information content (AvgIpc) is 2.67. The zero-order valence-corrected chi connectivity index (χ0v) is 15.5. The molecule has 0 radical (unpaired) electrons. The number of thioether (sulfide) groups is 1. The Morgan fingerprint density at radius 3 is 2.78 bits per heavy atom. The van der Waals surface area contributed by atoms with E-state index in [-0.39, 0.29) is 30.4 Å². The van der Waals surface area contributed by atoms with Gasteiger partial charge in [-0.05, 0) is 24.3 Å². The second-order valence-electron chi connectivity index (χ2n) is 5.68. The second kappa shape index (κ2) is 8.09. The van der Waals surface area contributed by atoms with Gasteiger partial charge in [-0.25, -0.2) is 4.68 Å². The number of carbonyl (C=O) groups excluding carboxylic acids is 2. The minimum absolute atomic E-state index is 0.176. The van der Waals surface area contributed by atoms with Crippen LogP contribution in [0.5, 0.6) is 5.75 Å². The van der Waals surface area contributed by atoms with Gasteiger partial charge in [0.05, 0.1) is 24.0 Å². The van der Waals surface area contributed by atoms with E-state index in [9.17, 15) is 14.4 Å². The van der Waals surface area contributed by atoms with Crippen LogP contribution in [-0.4, -0.2) is 41.0 Å². The van der Waals surface area contributed by atoms with Gasteiger partial charge in [0.25, 0.3) is 5.56 Å². The van der Waals surface area contributed by atoms with Crippen molar-refractivity contribution in [3.8, 4) is 5.75 Å². The molecule has 0 saturated heterocycles. The van der Waals surface area contributed by atoms with E-state index < -0.39 is 11.5 Å². The molecule has 3 rings (SSSR count). The van der Waals surface area contributed by atoms with Crippen molar-refractivity contribution in [3.63, 3.8) is 0 Å². The van der Waals surface area contributed by atoms with Crippen molar-refractivity contribution in [2.45, 2.75) is 11.4 Å². The summed E-state index contributed by atoms with van der Waals surface area (Å²) in [7, 11) is 1.56. The van der Waals surface area contributed by atoms with Gasteiger partial charge in [-0.1, -0.05) is 6.08 Å². The number of anilines is 2. The molecule has 27 heavy (non-hydrogen) atoms. The molecule has 1 aromatic heterocycles. The summed E-state index contributed by atoms with van der Waals surface area (Å²) < 4.78 is 6.12. The zero-order valence-electron chi connectivity index (χ0n) is 14.7. The van der Waals surface area contributed by atoms with Gasteiger partial charge in [0, 0.05) is 12.2 Å². The van der Waals surface area contributed by atoms with Crippen LogP contribution in [0.25, 0.3) is 0 Å². The number of aromatic nitrogens is 2. The topological polar surface area (TPSA) is 93.5 Å². The quantitative estimate of drug-likeness (QED) is 0.757. The monoisotopic (exact) mass is 386 g/mol. The molecule has 1 N–H and O–H groups in total. The molecule has 0 bridgehead atoms. The summed E-state index contributed by atoms with van der Waals surface area (Å²) in [6.07, 6.45) is 3.06. The van der Waals surface area contributed by atoms with Gasteiger partial charge in [0.2, 0.25) is 11.8 Å². The van der Waals surface area contributed by atoms with Gasteiger partial charge in [-0.2, -0.15) is 5.10 Å². The average molecular weight is 386 g/mol. The third-order valence-corrected chi connectivity index (χ3v) is 4.89. The molecule has 2 aromatic rings. The van der Waals surface area contributed by atoms with Gasteiger partial charge < -0.3 is 15.0 Å². The fourth-order valence-electron chi connectivity index (χ4n) is 2.61. The lowest BCUT2D eigenvalue weighted by atomic mass is 10.3. The van der Waals surface area contributed by atoms with Crippen LogP contribution < -0.4 is 20.5 Å². The Morgan fingerprint density at radius 1 is 1.37 bits per heavy atom. The summed E-state index contributed by atoms with van der Waals surface area (Å²) in [4.78, 5) is 39.2. The predicted octanol–water partition coefficient (Wildman–Crippen LogP) is 1.52. The first-order valence-corrected chi connectivity index (χ1v) is 9.10. The van der Waals surface area contributed by atoms with Crippen molar-refractivity contribution >= 4 is 35.0 Å². The number of benzene rings is 1. The summed E-state index contributed by atoms with van der Waals surface area (Å²) in [6, 6.07) is 6.83. The van der Waals surface area contributed by atoms with Crippen LogP contribution in [0.15, 0.2) is 52.8 Å². The third-order valence-electron chi connectivity index (χ3n) is 3.89. The first kappa shape index (κ1) is 18.7. The summed E-state index contributed by atoms with van der Waals surface area (Å²) >= 11 is 1.26. The molecule has 0 spiro atoms. The van der Waals surface area contributed by atoms with E-state index in [4.69, 9.17) is 4.74 Å². The Bertz CT molecular complexity index is 939. The van der Waals surface area contributed by atoms with Crippen molar-refractivity contribution in [1.82, 2.24) is 9.78 Å². The summed E-state index contributed by atoms with van der Waals surface area (Å²) in [6.45, 7) is 3.58. The molecule has 0 saturated carbocycles. The number of fused-ring (bicyclic) bond motifs is 1. The standard InChI is InChI=1S/C18H18N4O4S/c1-3-8-21-16(24)11-27-14-9-19-22(18(25)17(14)21)10-15(23)20-12-4-6-13(26-2)7-5-12/h3-7,9H,1,8,10-11H2,2H3,(H,20,23). The van der Waals surface area contributed by atoms with E-state index in [0.29, 0.717) is 16.3 Å². The van der Waals surface area contributed by atoms with Gasteiger partial charge in [0.15, 0.2) is 0 Å². The maximum atomic E-state index is 12.8. The van der Waals surface area contributed by atoms with Gasteiger partial charge in [-0.15, -0.1) is 18.3 Å². The maximum absolute atomic E-state index is 12.8.